The van der Waals surface area contributed by atoms with E-state index >= 15 is 0 Å². The molecule has 2 aromatic rings. The molecule has 0 bridgehead atoms. The third-order valence-corrected chi connectivity index (χ3v) is 4.82. The van der Waals surface area contributed by atoms with Crippen LogP contribution in [0, 0.1) is 0 Å². The van der Waals surface area contributed by atoms with Crippen molar-refractivity contribution in [2.45, 2.75) is 44.6 Å². The first kappa shape index (κ1) is 15.7. The molecule has 1 heterocycles. The number of likely N-dealkylation sites (N-methyl/N-ethyl adjacent to an activating group) is 1. The molecule has 1 atom stereocenters. The maximum absolute atomic E-state index is 4.12. The van der Waals surface area contributed by atoms with Gasteiger partial charge in [0.1, 0.15) is 0 Å². The lowest BCUT2D eigenvalue weighted by Crippen LogP contribution is -2.48. The topological polar surface area (TPSA) is 24.9 Å². The molecule has 0 spiro atoms. The quantitative estimate of drug-likeness (QED) is 0.831. The molecule has 0 aliphatic heterocycles. The Morgan fingerprint density at radius 3 is 2.14 bits per heavy atom. The summed E-state index contributed by atoms with van der Waals surface area (Å²) in [5.41, 5.74) is 2.94. The number of hydrogen-bond acceptors (Lipinski definition) is 2. The molecular formula is C19H26N2. The van der Waals surface area contributed by atoms with Crippen LogP contribution in [0.3, 0.4) is 0 Å². The van der Waals surface area contributed by atoms with E-state index in [1.807, 2.05) is 12.4 Å². The van der Waals surface area contributed by atoms with Gasteiger partial charge in [0.05, 0.1) is 0 Å². The van der Waals surface area contributed by atoms with Crippen LogP contribution in [0.1, 0.15) is 37.8 Å². The fourth-order valence-electron chi connectivity index (χ4n) is 3.45. The zero-order valence-electron chi connectivity index (χ0n) is 13.3. The number of rotatable bonds is 7. The minimum absolute atomic E-state index is 0.166. The fraction of sp³-hybridized carbons (Fsp3) is 0.421. The lowest BCUT2D eigenvalue weighted by atomic mass is 9.68. The Bertz CT molecular complexity index is 518. The van der Waals surface area contributed by atoms with Crippen molar-refractivity contribution in [3.8, 4) is 0 Å². The number of aromatic nitrogens is 1. The highest BCUT2D eigenvalue weighted by molar-refractivity contribution is 5.29. The van der Waals surface area contributed by atoms with Gasteiger partial charge in [-0.1, -0.05) is 44.2 Å². The summed E-state index contributed by atoms with van der Waals surface area (Å²) in [6.07, 6.45) is 7.04. The molecule has 1 aromatic carbocycles. The van der Waals surface area contributed by atoms with Gasteiger partial charge >= 0.3 is 0 Å². The van der Waals surface area contributed by atoms with E-state index in [0.717, 1.165) is 19.3 Å². The second-order valence-electron chi connectivity index (χ2n) is 5.63. The van der Waals surface area contributed by atoms with E-state index in [0.29, 0.717) is 6.04 Å². The number of benzene rings is 1. The summed E-state index contributed by atoms with van der Waals surface area (Å²) in [6, 6.07) is 15.6. The van der Waals surface area contributed by atoms with Crippen LogP contribution in [0.4, 0.5) is 0 Å². The predicted octanol–water partition coefficient (Wildman–Crippen LogP) is 3.97. The molecule has 21 heavy (non-hydrogen) atoms. The molecule has 2 nitrogen and oxygen atoms in total. The van der Waals surface area contributed by atoms with Crippen LogP contribution in [-0.4, -0.2) is 18.1 Å². The Morgan fingerprint density at radius 2 is 1.62 bits per heavy atom. The second-order valence-corrected chi connectivity index (χ2v) is 5.63. The molecule has 0 saturated heterocycles. The number of pyridine rings is 1. The summed E-state index contributed by atoms with van der Waals surface area (Å²) in [5, 5.41) is 3.57. The van der Waals surface area contributed by atoms with Gasteiger partial charge in [0.2, 0.25) is 0 Å². The van der Waals surface area contributed by atoms with E-state index in [9.17, 15) is 0 Å². The van der Waals surface area contributed by atoms with Crippen molar-refractivity contribution < 1.29 is 0 Å². The minimum atomic E-state index is 0.166. The average Bonchev–Trinajstić information content (AvgIpc) is 2.57. The molecule has 0 radical (unpaired) electrons. The van der Waals surface area contributed by atoms with Gasteiger partial charge in [-0.25, -0.2) is 0 Å². The Kier molecular flexibility index (Phi) is 5.51. The zero-order chi connectivity index (χ0) is 15.1. The highest BCUT2D eigenvalue weighted by atomic mass is 14.9. The molecule has 2 rings (SSSR count). The smallest absolute Gasteiger partial charge is 0.0270 e. The molecule has 1 unspecified atom stereocenters. The van der Waals surface area contributed by atoms with E-state index in [1.165, 1.54) is 11.1 Å². The number of nitrogens with one attached hydrogen (secondary N) is 1. The van der Waals surface area contributed by atoms with Crippen molar-refractivity contribution >= 4 is 0 Å². The Labute approximate surface area is 128 Å². The zero-order valence-corrected chi connectivity index (χ0v) is 13.3. The lowest BCUT2D eigenvalue weighted by Gasteiger charge is -2.40. The van der Waals surface area contributed by atoms with E-state index in [2.05, 4.69) is 73.7 Å². The predicted molar refractivity (Wildman–Crippen MR) is 89.5 cm³/mol. The Hall–Kier alpha value is -1.67. The standard InChI is InChI=1S/C19H26N2/c1-4-19(5-2,17-9-7-6-8-10-17)18(20-3)15-16-11-13-21-14-12-16/h6-14,18,20H,4-5,15H2,1-3H3. The third-order valence-electron chi connectivity index (χ3n) is 4.82. The van der Waals surface area contributed by atoms with Gasteiger partial charge in [-0.15, -0.1) is 0 Å². The van der Waals surface area contributed by atoms with Gasteiger partial charge in [0, 0.05) is 23.9 Å². The van der Waals surface area contributed by atoms with Crippen LogP contribution in [0.25, 0.3) is 0 Å². The van der Waals surface area contributed by atoms with Gasteiger partial charge in [-0.3, -0.25) is 4.98 Å². The second kappa shape index (κ2) is 7.37. The summed E-state index contributed by atoms with van der Waals surface area (Å²) < 4.78 is 0. The average molecular weight is 282 g/mol. The minimum Gasteiger partial charge on any atom is -0.316 e. The number of nitrogens with zero attached hydrogens (tertiary/aromatic N) is 1. The van der Waals surface area contributed by atoms with E-state index in [-0.39, 0.29) is 5.41 Å². The maximum Gasteiger partial charge on any atom is 0.0270 e. The summed E-state index contributed by atoms with van der Waals surface area (Å²) >= 11 is 0. The summed E-state index contributed by atoms with van der Waals surface area (Å²) in [6.45, 7) is 4.60. The van der Waals surface area contributed by atoms with Gasteiger partial charge in [-0.2, -0.15) is 0 Å². The Balaban J connectivity index is 2.35. The van der Waals surface area contributed by atoms with Gasteiger partial charge in [0.25, 0.3) is 0 Å². The molecule has 1 aromatic heterocycles. The molecule has 0 fully saturated rings. The van der Waals surface area contributed by atoms with Crippen LogP contribution < -0.4 is 5.32 Å². The van der Waals surface area contributed by atoms with E-state index < -0.39 is 0 Å². The van der Waals surface area contributed by atoms with Crippen molar-refractivity contribution in [2.24, 2.45) is 0 Å². The molecular weight excluding hydrogens is 256 g/mol. The Morgan fingerprint density at radius 1 is 1.00 bits per heavy atom. The van der Waals surface area contributed by atoms with Crippen molar-refractivity contribution in [2.75, 3.05) is 7.05 Å². The summed E-state index contributed by atoms with van der Waals surface area (Å²) in [4.78, 5) is 4.12. The summed E-state index contributed by atoms with van der Waals surface area (Å²) in [5.74, 6) is 0. The lowest BCUT2D eigenvalue weighted by molar-refractivity contribution is 0.280. The first-order chi connectivity index (χ1) is 10.3. The van der Waals surface area contributed by atoms with Gasteiger partial charge in [-0.05, 0) is 49.6 Å². The molecule has 2 heteroatoms. The third kappa shape index (κ3) is 3.33. The van der Waals surface area contributed by atoms with Crippen LogP contribution in [-0.2, 0) is 11.8 Å². The molecule has 112 valence electrons. The van der Waals surface area contributed by atoms with Gasteiger partial charge < -0.3 is 5.32 Å². The van der Waals surface area contributed by atoms with Crippen molar-refractivity contribution in [3.63, 3.8) is 0 Å². The van der Waals surface area contributed by atoms with Crippen LogP contribution in [0.15, 0.2) is 54.9 Å². The normalized spacial score (nSPS) is 13.1. The van der Waals surface area contributed by atoms with E-state index in [1.54, 1.807) is 0 Å². The largest absolute Gasteiger partial charge is 0.316 e. The monoisotopic (exact) mass is 282 g/mol. The molecule has 0 amide bonds. The van der Waals surface area contributed by atoms with Gasteiger partial charge in [0.15, 0.2) is 0 Å². The summed E-state index contributed by atoms with van der Waals surface area (Å²) in [7, 11) is 2.08. The molecule has 0 saturated carbocycles. The van der Waals surface area contributed by atoms with Crippen LogP contribution >= 0.6 is 0 Å². The van der Waals surface area contributed by atoms with Crippen molar-refractivity contribution in [3.05, 3.63) is 66.0 Å². The first-order valence-corrected chi connectivity index (χ1v) is 7.88. The highest BCUT2D eigenvalue weighted by Gasteiger charge is 2.36. The SMILES string of the molecule is CCC(CC)(c1ccccc1)C(Cc1ccncc1)NC. The van der Waals surface area contributed by atoms with Crippen LogP contribution in [0.5, 0.6) is 0 Å². The molecule has 0 aliphatic rings. The van der Waals surface area contributed by atoms with Crippen LogP contribution in [0.2, 0.25) is 0 Å². The first-order valence-electron chi connectivity index (χ1n) is 7.88. The fourth-order valence-corrected chi connectivity index (χ4v) is 3.45. The van der Waals surface area contributed by atoms with Crippen molar-refractivity contribution in [1.82, 2.24) is 10.3 Å². The number of hydrogen-bond donors (Lipinski definition) is 1. The molecule has 0 aliphatic carbocycles. The molecule has 1 N–H and O–H groups in total. The maximum atomic E-state index is 4.12. The van der Waals surface area contributed by atoms with Crippen molar-refractivity contribution in [1.29, 1.82) is 0 Å². The highest BCUT2D eigenvalue weighted by Crippen LogP contribution is 2.36. The van der Waals surface area contributed by atoms with E-state index in [4.69, 9.17) is 0 Å².